The topological polar surface area (TPSA) is 55.6 Å². The number of ether oxygens (including phenoxy) is 1. The van der Waals surface area contributed by atoms with E-state index in [1.807, 2.05) is 36.9 Å². The largest absolute Gasteiger partial charge is 0.484 e. The van der Waals surface area contributed by atoms with Crippen molar-refractivity contribution in [1.82, 2.24) is 0 Å². The lowest BCUT2D eigenvalue weighted by Crippen LogP contribution is -2.49. The molecule has 0 radical (unpaired) electrons. The SMILES string of the molecule is CC(C)CC(=O)N1CC(C)(C)Oc2cc(CN)ccc21. The third-order valence-electron chi connectivity index (χ3n) is 3.36. The fourth-order valence-electron chi connectivity index (χ4n) is 2.47. The van der Waals surface area contributed by atoms with E-state index in [4.69, 9.17) is 10.5 Å². The zero-order valence-electron chi connectivity index (χ0n) is 12.8. The number of anilines is 1. The van der Waals surface area contributed by atoms with E-state index in [1.54, 1.807) is 0 Å². The number of benzene rings is 1. The first-order valence-electron chi connectivity index (χ1n) is 7.15. The van der Waals surface area contributed by atoms with Crippen LogP contribution in [0.4, 0.5) is 5.69 Å². The molecule has 4 nitrogen and oxygen atoms in total. The summed E-state index contributed by atoms with van der Waals surface area (Å²) < 4.78 is 6.00. The van der Waals surface area contributed by atoms with Gasteiger partial charge in [-0.1, -0.05) is 19.9 Å². The van der Waals surface area contributed by atoms with Crippen LogP contribution in [-0.2, 0) is 11.3 Å². The molecule has 1 amide bonds. The Labute approximate surface area is 120 Å². The molecule has 0 aromatic heterocycles. The number of fused-ring (bicyclic) bond motifs is 1. The molecule has 0 spiro atoms. The lowest BCUT2D eigenvalue weighted by atomic mass is 10.0. The normalized spacial score (nSPS) is 16.8. The summed E-state index contributed by atoms with van der Waals surface area (Å²) in [5.41, 5.74) is 7.16. The number of hydrogen-bond donors (Lipinski definition) is 1. The summed E-state index contributed by atoms with van der Waals surface area (Å²) in [6, 6.07) is 5.83. The van der Waals surface area contributed by atoms with Gasteiger partial charge in [0.2, 0.25) is 5.91 Å². The quantitative estimate of drug-likeness (QED) is 0.923. The number of nitrogens with zero attached hydrogens (tertiary/aromatic N) is 1. The van der Waals surface area contributed by atoms with Crippen molar-refractivity contribution in [3.05, 3.63) is 23.8 Å². The third kappa shape index (κ3) is 3.12. The van der Waals surface area contributed by atoms with Crippen LogP contribution in [0.3, 0.4) is 0 Å². The minimum atomic E-state index is -0.382. The van der Waals surface area contributed by atoms with Crippen molar-refractivity contribution < 1.29 is 9.53 Å². The van der Waals surface area contributed by atoms with Gasteiger partial charge in [0.15, 0.2) is 0 Å². The van der Waals surface area contributed by atoms with Gasteiger partial charge >= 0.3 is 0 Å². The van der Waals surface area contributed by atoms with Gasteiger partial charge in [-0.2, -0.15) is 0 Å². The van der Waals surface area contributed by atoms with E-state index in [-0.39, 0.29) is 11.5 Å². The van der Waals surface area contributed by atoms with Gasteiger partial charge in [0.25, 0.3) is 0 Å². The molecule has 1 aromatic rings. The first-order chi connectivity index (χ1) is 9.32. The van der Waals surface area contributed by atoms with Crippen molar-refractivity contribution in [3.63, 3.8) is 0 Å². The predicted octanol–water partition coefficient (Wildman–Crippen LogP) is 2.70. The molecule has 0 fully saturated rings. The second kappa shape index (κ2) is 5.44. The monoisotopic (exact) mass is 276 g/mol. The van der Waals surface area contributed by atoms with Gasteiger partial charge in [0.1, 0.15) is 11.4 Å². The molecule has 2 rings (SSSR count). The van der Waals surface area contributed by atoms with E-state index in [9.17, 15) is 4.79 Å². The van der Waals surface area contributed by atoms with Crippen molar-refractivity contribution in [2.24, 2.45) is 11.7 Å². The number of rotatable bonds is 3. The fraction of sp³-hybridized carbons (Fsp3) is 0.562. The number of hydrogen-bond acceptors (Lipinski definition) is 3. The molecule has 20 heavy (non-hydrogen) atoms. The van der Waals surface area contributed by atoms with Crippen molar-refractivity contribution in [3.8, 4) is 5.75 Å². The average Bonchev–Trinajstić information content (AvgIpc) is 2.34. The van der Waals surface area contributed by atoms with Crippen LogP contribution >= 0.6 is 0 Å². The van der Waals surface area contributed by atoms with Gasteiger partial charge in [0.05, 0.1) is 12.2 Å². The molecule has 0 atom stereocenters. The van der Waals surface area contributed by atoms with Crippen LogP contribution in [-0.4, -0.2) is 18.1 Å². The molecule has 2 N–H and O–H groups in total. The van der Waals surface area contributed by atoms with Gasteiger partial charge in [-0.25, -0.2) is 0 Å². The van der Waals surface area contributed by atoms with Crippen molar-refractivity contribution in [2.45, 2.75) is 46.3 Å². The van der Waals surface area contributed by atoms with E-state index in [0.717, 1.165) is 17.0 Å². The van der Waals surface area contributed by atoms with E-state index < -0.39 is 0 Å². The van der Waals surface area contributed by atoms with Crippen LogP contribution in [0.25, 0.3) is 0 Å². The maximum atomic E-state index is 12.5. The van der Waals surface area contributed by atoms with Gasteiger partial charge in [-0.15, -0.1) is 0 Å². The van der Waals surface area contributed by atoms with Crippen molar-refractivity contribution >= 4 is 11.6 Å². The molecule has 0 saturated carbocycles. The Morgan fingerprint density at radius 2 is 2.15 bits per heavy atom. The fourth-order valence-corrected chi connectivity index (χ4v) is 2.47. The summed E-state index contributed by atoms with van der Waals surface area (Å²) in [6.45, 7) is 9.16. The first kappa shape index (κ1) is 14.9. The standard InChI is InChI=1S/C16H24N2O2/c1-11(2)7-15(19)18-10-16(3,4)20-14-8-12(9-17)5-6-13(14)18/h5-6,8,11H,7,9-10,17H2,1-4H3. The maximum absolute atomic E-state index is 12.5. The summed E-state index contributed by atoms with van der Waals surface area (Å²) in [6.07, 6.45) is 0.550. The molecule has 110 valence electrons. The van der Waals surface area contributed by atoms with Crippen LogP contribution in [0, 0.1) is 5.92 Å². The van der Waals surface area contributed by atoms with E-state index >= 15 is 0 Å². The molecule has 1 aromatic carbocycles. The second-order valence-electron chi connectivity index (χ2n) is 6.45. The minimum Gasteiger partial charge on any atom is -0.484 e. The summed E-state index contributed by atoms with van der Waals surface area (Å²) in [4.78, 5) is 14.3. The highest BCUT2D eigenvalue weighted by atomic mass is 16.5. The Morgan fingerprint density at radius 3 is 2.75 bits per heavy atom. The summed E-state index contributed by atoms with van der Waals surface area (Å²) >= 11 is 0. The van der Waals surface area contributed by atoms with Crippen LogP contribution in [0.15, 0.2) is 18.2 Å². The smallest absolute Gasteiger partial charge is 0.227 e. The van der Waals surface area contributed by atoms with Gasteiger partial charge in [-0.05, 0) is 37.5 Å². The number of amides is 1. The number of carbonyl (C=O) groups is 1. The van der Waals surface area contributed by atoms with Crippen LogP contribution < -0.4 is 15.4 Å². The minimum absolute atomic E-state index is 0.151. The Morgan fingerprint density at radius 1 is 1.45 bits per heavy atom. The molecular weight excluding hydrogens is 252 g/mol. The van der Waals surface area contributed by atoms with Gasteiger partial charge < -0.3 is 15.4 Å². The highest BCUT2D eigenvalue weighted by Crippen LogP contribution is 2.38. The Kier molecular flexibility index (Phi) is 4.04. The third-order valence-corrected chi connectivity index (χ3v) is 3.36. The zero-order chi connectivity index (χ0) is 14.9. The second-order valence-corrected chi connectivity index (χ2v) is 6.45. The van der Waals surface area contributed by atoms with Crippen LogP contribution in [0.1, 0.15) is 39.7 Å². The molecule has 1 aliphatic rings. The van der Waals surface area contributed by atoms with Crippen LogP contribution in [0.5, 0.6) is 5.75 Å². The van der Waals surface area contributed by atoms with E-state index in [1.165, 1.54) is 0 Å². The highest BCUT2D eigenvalue weighted by Gasteiger charge is 2.34. The highest BCUT2D eigenvalue weighted by molar-refractivity contribution is 5.95. The summed E-state index contributed by atoms with van der Waals surface area (Å²) in [5.74, 6) is 1.25. The number of nitrogens with two attached hydrogens (primary N) is 1. The van der Waals surface area contributed by atoms with Crippen molar-refractivity contribution in [1.29, 1.82) is 0 Å². The van der Waals surface area contributed by atoms with Gasteiger partial charge in [0, 0.05) is 13.0 Å². The molecule has 0 bridgehead atoms. The molecule has 4 heteroatoms. The van der Waals surface area contributed by atoms with Gasteiger partial charge in [-0.3, -0.25) is 4.79 Å². The molecule has 1 aliphatic heterocycles. The molecule has 0 saturated heterocycles. The lowest BCUT2D eigenvalue weighted by Gasteiger charge is -2.40. The Hall–Kier alpha value is -1.55. The molecule has 0 aliphatic carbocycles. The average molecular weight is 276 g/mol. The van der Waals surface area contributed by atoms with E-state index in [0.29, 0.717) is 25.4 Å². The van der Waals surface area contributed by atoms with E-state index in [2.05, 4.69) is 13.8 Å². The van der Waals surface area contributed by atoms with Crippen molar-refractivity contribution in [2.75, 3.05) is 11.4 Å². The summed E-state index contributed by atoms with van der Waals surface area (Å²) in [5, 5.41) is 0. The first-order valence-corrected chi connectivity index (χ1v) is 7.15. The zero-order valence-corrected chi connectivity index (χ0v) is 12.8. The Bertz CT molecular complexity index is 509. The molecule has 1 heterocycles. The predicted molar refractivity (Wildman–Crippen MR) is 80.8 cm³/mol. The maximum Gasteiger partial charge on any atom is 0.227 e. The lowest BCUT2D eigenvalue weighted by molar-refractivity contribution is -0.120. The Balaban J connectivity index is 2.37. The van der Waals surface area contributed by atoms with Crippen LogP contribution in [0.2, 0.25) is 0 Å². The molecular formula is C16H24N2O2. The number of carbonyl (C=O) groups excluding carboxylic acids is 1. The molecule has 0 unspecified atom stereocenters. The summed E-state index contributed by atoms with van der Waals surface area (Å²) in [7, 11) is 0.